The third-order valence-corrected chi connectivity index (χ3v) is 6.12. The number of benzene rings is 1. The molecule has 120 valence electrons. The maximum Gasteiger partial charge on any atom is 0.243 e. The predicted octanol–water partition coefficient (Wildman–Crippen LogP) is 2.93. The summed E-state index contributed by atoms with van der Waals surface area (Å²) in [5, 5.41) is 0. The molecule has 0 amide bonds. The van der Waals surface area contributed by atoms with E-state index in [9.17, 15) is 13.2 Å². The van der Waals surface area contributed by atoms with Crippen LogP contribution in [0.1, 0.15) is 32.3 Å². The molecule has 0 aliphatic carbocycles. The average molecular weight is 321 g/mol. The number of Topliss-reactive ketones (excluding diaryl/α,β-unsaturated/α-hetero) is 1. The van der Waals surface area contributed by atoms with Gasteiger partial charge in [-0.1, -0.05) is 30.7 Å². The van der Waals surface area contributed by atoms with Crippen LogP contribution in [0.5, 0.6) is 0 Å². The van der Waals surface area contributed by atoms with Gasteiger partial charge in [-0.2, -0.15) is 4.31 Å². The number of carbonyl (C=O) groups excluding carboxylic acids is 1. The molecule has 0 radical (unpaired) electrons. The summed E-state index contributed by atoms with van der Waals surface area (Å²) in [6.45, 7) is 6.31. The number of allylic oxidation sites excluding steroid dienone is 1. The molecule has 1 atom stereocenters. The van der Waals surface area contributed by atoms with E-state index in [2.05, 4.69) is 0 Å². The minimum absolute atomic E-state index is 0.0895. The van der Waals surface area contributed by atoms with Crippen LogP contribution in [0.25, 0.3) is 0 Å². The molecule has 0 unspecified atom stereocenters. The molecule has 0 saturated carbocycles. The van der Waals surface area contributed by atoms with E-state index in [-0.39, 0.29) is 18.2 Å². The van der Waals surface area contributed by atoms with Crippen LogP contribution in [0.15, 0.2) is 40.8 Å². The van der Waals surface area contributed by atoms with Gasteiger partial charge in [-0.25, -0.2) is 8.42 Å². The topological polar surface area (TPSA) is 54.5 Å². The van der Waals surface area contributed by atoms with E-state index in [1.165, 1.54) is 4.31 Å². The third kappa shape index (κ3) is 3.31. The monoisotopic (exact) mass is 321 g/mol. The molecule has 1 fully saturated rings. The molecule has 1 aliphatic rings. The fourth-order valence-electron chi connectivity index (χ4n) is 2.73. The van der Waals surface area contributed by atoms with Gasteiger partial charge in [-0.05, 0) is 44.4 Å². The summed E-state index contributed by atoms with van der Waals surface area (Å²) in [6, 6.07) is 6.86. The van der Waals surface area contributed by atoms with Crippen molar-refractivity contribution in [3.05, 3.63) is 41.5 Å². The van der Waals surface area contributed by atoms with Crippen molar-refractivity contribution < 1.29 is 13.2 Å². The standard InChI is InChI=1S/C17H23NO3S/c1-4-14-10-11-18(12-15(5-2)17(14)19)22(20,21)16-8-6-13(3)7-9-16/h4,6-9,15H,5,10-12H2,1-3H3/b14-4+/t15-/m1/s1. The van der Waals surface area contributed by atoms with Gasteiger partial charge >= 0.3 is 0 Å². The molecule has 0 aromatic heterocycles. The van der Waals surface area contributed by atoms with Crippen LogP contribution in [0, 0.1) is 12.8 Å². The second-order valence-corrected chi connectivity index (χ2v) is 7.65. The minimum Gasteiger partial charge on any atom is -0.294 e. The van der Waals surface area contributed by atoms with Gasteiger partial charge in [0.2, 0.25) is 10.0 Å². The molecule has 1 aliphatic heterocycles. The Morgan fingerprint density at radius 1 is 1.27 bits per heavy atom. The molecule has 1 aromatic rings. The maximum absolute atomic E-state index is 12.8. The van der Waals surface area contributed by atoms with Crippen molar-refractivity contribution in [2.24, 2.45) is 5.92 Å². The number of sulfonamides is 1. The number of nitrogens with zero attached hydrogens (tertiary/aromatic N) is 1. The highest BCUT2D eigenvalue weighted by Gasteiger charge is 2.33. The van der Waals surface area contributed by atoms with Crippen LogP contribution in [-0.4, -0.2) is 31.6 Å². The van der Waals surface area contributed by atoms with E-state index < -0.39 is 10.0 Å². The Bertz CT molecular complexity index is 674. The minimum atomic E-state index is -3.55. The zero-order valence-electron chi connectivity index (χ0n) is 13.4. The van der Waals surface area contributed by atoms with Gasteiger partial charge in [0.05, 0.1) is 4.90 Å². The first kappa shape index (κ1) is 16.9. The molecule has 5 heteroatoms. The molecule has 22 heavy (non-hydrogen) atoms. The predicted molar refractivity (Wildman–Crippen MR) is 87.1 cm³/mol. The Kier molecular flexibility index (Phi) is 5.19. The zero-order chi connectivity index (χ0) is 16.3. The van der Waals surface area contributed by atoms with E-state index in [0.717, 1.165) is 11.1 Å². The summed E-state index contributed by atoms with van der Waals surface area (Å²) in [6.07, 6.45) is 2.94. The first-order valence-corrected chi connectivity index (χ1v) is 9.10. The lowest BCUT2D eigenvalue weighted by Crippen LogP contribution is -2.35. The van der Waals surface area contributed by atoms with Crippen LogP contribution >= 0.6 is 0 Å². The highest BCUT2D eigenvalue weighted by Crippen LogP contribution is 2.25. The normalized spacial score (nSPS) is 22.8. The summed E-state index contributed by atoms with van der Waals surface area (Å²) in [7, 11) is -3.55. The van der Waals surface area contributed by atoms with Gasteiger partial charge in [-0.15, -0.1) is 0 Å². The van der Waals surface area contributed by atoms with E-state index in [1.54, 1.807) is 24.3 Å². The second-order valence-electron chi connectivity index (χ2n) is 5.71. The molecule has 0 spiro atoms. The number of aryl methyl sites for hydroxylation is 1. The molecular weight excluding hydrogens is 298 g/mol. The smallest absolute Gasteiger partial charge is 0.243 e. The molecule has 4 nitrogen and oxygen atoms in total. The lowest BCUT2D eigenvalue weighted by Gasteiger charge is -2.22. The van der Waals surface area contributed by atoms with Gasteiger partial charge in [0.25, 0.3) is 0 Å². The zero-order valence-corrected chi connectivity index (χ0v) is 14.2. The Morgan fingerprint density at radius 3 is 2.45 bits per heavy atom. The first-order valence-electron chi connectivity index (χ1n) is 7.66. The number of hydrogen-bond donors (Lipinski definition) is 0. The molecule has 1 saturated heterocycles. The SMILES string of the molecule is C/C=C1\CCN(S(=O)(=O)c2ccc(C)cc2)C[C@@H](CC)C1=O. The van der Waals surface area contributed by atoms with Crippen LogP contribution in [-0.2, 0) is 14.8 Å². The van der Waals surface area contributed by atoms with Crippen molar-refractivity contribution in [1.82, 2.24) is 4.31 Å². The van der Waals surface area contributed by atoms with Gasteiger partial charge in [-0.3, -0.25) is 4.79 Å². The van der Waals surface area contributed by atoms with Crippen molar-refractivity contribution in [3.8, 4) is 0 Å². The molecular formula is C17H23NO3S. The van der Waals surface area contributed by atoms with E-state index in [0.29, 0.717) is 24.3 Å². The average Bonchev–Trinajstić information content (AvgIpc) is 2.66. The fourth-order valence-corrected chi connectivity index (χ4v) is 4.22. The van der Waals surface area contributed by atoms with Crippen molar-refractivity contribution in [3.63, 3.8) is 0 Å². The summed E-state index contributed by atoms with van der Waals surface area (Å²) in [5.41, 5.74) is 1.76. The summed E-state index contributed by atoms with van der Waals surface area (Å²) in [4.78, 5) is 12.7. The third-order valence-electron chi connectivity index (χ3n) is 4.24. The summed E-state index contributed by atoms with van der Waals surface area (Å²) < 4.78 is 27.1. The van der Waals surface area contributed by atoms with Gasteiger partial charge < -0.3 is 0 Å². The Labute approximate surface area is 132 Å². The van der Waals surface area contributed by atoms with Crippen LogP contribution in [0.2, 0.25) is 0 Å². The lowest BCUT2D eigenvalue weighted by atomic mass is 9.95. The van der Waals surface area contributed by atoms with Crippen molar-refractivity contribution >= 4 is 15.8 Å². The lowest BCUT2D eigenvalue weighted by molar-refractivity contribution is -0.119. The molecule has 0 N–H and O–H groups in total. The van der Waals surface area contributed by atoms with Gasteiger partial charge in [0.15, 0.2) is 5.78 Å². The molecule has 0 bridgehead atoms. The second kappa shape index (κ2) is 6.75. The fraction of sp³-hybridized carbons (Fsp3) is 0.471. The molecule has 2 rings (SSSR count). The van der Waals surface area contributed by atoms with Crippen molar-refractivity contribution in [1.29, 1.82) is 0 Å². The van der Waals surface area contributed by atoms with Crippen LogP contribution in [0.4, 0.5) is 0 Å². The van der Waals surface area contributed by atoms with Crippen molar-refractivity contribution in [2.75, 3.05) is 13.1 Å². The first-order chi connectivity index (χ1) is 10.4. The number of rotatable bonds is 3. The van der Waals surface area contributed by atoms with Gasteiger partial charge in [0.1, 0.15) is 0 Å². The Balaban J connectivity index is 2.34. The summed E-state index contributed by atoms with van der Waals surface area (Å²) >= 11 is 0. The highest BCUT2D eigenvalue weighted by atomic mass is 32.2. The Morgan fingerprint density at radius 2 is 1.91 bits per heavy atom. The largest absolute Gasteiger partial charge is 0.294 e. The van der Waals surface area contributed by atoms with E-state index in [1.807, 2.05) is 26.8 Å². The molecule has 1 heterocycles. The van der Waals surface area contributed by atoms with Crippen molar-refractivity contribution in [2.45, 2.75) is 38.5 Å². The van der Waals surface area contributed by atoms with E-state index in [4.69, 9.17) is 0 Å². The molecule has 1 aromatic carbocycles. The van der Waals surface area contributed by atoms with Crippen LogP contribution < -0.4 is 0 Å². The number of ketones is 1. The van der Waals surface area contributed by atoms with Gasteiger partial charge in [0, 0.05) is 19.0 Å². The summed E-state index contributed by atoms with van der Waals surface area (Å²) in [5.74, 6) is -0.166. The number of hydrogen-bond acceptors (Lipinski definition) is 3. The Hall–Kier alpha value is -1.46. The number of carbonyl (C=O) groups is 1. The van der Waals surface area contributed by atoms with E-state index >= 15 is 0 Å². The quantitative estimate of drug-likeness (QED) is 0.804. The highest BCUT2D eigenvalue weighted by molar-refractivity contribution is 7.89. The van der Waals surface area contributed by atoms with Crippen LogP contribution in [0.3, 0.4) is 0 Å². The maximum atomic E-state index is 12.8.